The van der Waals surface area contributed by atoms with Crippen molar-refractivity contribution in [2.24, 2.45) is 0 Å². The van der Waals surface area contributed by atoms with Crippen LogP contribution in [-0.2, 0) is 31.4 Å². The number of ether oxygens (including phenoxy) is 2. The predicted molar refractivity (Wildman–Crippen MR) is 72.2 cm³/mol. The van der Waals surface area contributed by atoms with Gasteiger partial charge in [0.05, 0.1) is 31.4 Å². The first-order valence-electron chi connectivity index (χ1n) is 6.33. The number of benzene rings is 1. The van der Waals surface area contributed by atoms with Gasteiger partial charge in [0.1, 0.15) is 5.70 Å². The van der Waals surface area contributed by atoms with Crippen LogP contribution in [0.4, 0.5) is 32.0 Å². The first-order chi connectivity index (χ1) is 11.4. The van der Waals surface area contributed by atoms with Crippen LogP contribution in [0.25, 0.3) is 0 Å². The van der Waals surface area contributed by atoms with Crippen LogP contribution in [0.3, 0.4) is 0 Å². The third-order valence-corrected chi connectivity index (χ3v) is 2.78. The summed E-state index contributed by atoms with van der Waals surface area (Å²) in [7, 11) is 1.91. The fourth-order valence-electron chi connectivity index (χ4n) is 1.69. The van der Waals surface area contributed by atoms with Crippen molar-refractivity contribution < 1.29 is 45.4 Å². The minimum atomic E-state index is -5.29. The minimum Gasteiger partial charge on any atom is -0.466 e. The van der Waals surface area contributed by atoms with E-state index in [0.717, 1.165) is 14.2 Å². The average Bonchev–Trinajstić information content (AvgIpc) is 2.51. The fourth-order valence-corrected chi connectivity index (χ4v) is 1.69. The van der Waals surface area contributed by atoms with Crippen molar-refractivity contribution in [3.63, 3.8) is 0 Å². The highest BCUT2D eigenvalue weighted by atomic mass is 19.4. The maximum Gasteiger partial charge on any atom is 0.417 e. The summed E-state index contributed by atoms with van der Waals surface area (Å²) in [6.45, 7) is 0. The first kappa shape index (κ1) is 20.3. The molecular weight excluding hydrogens is 360 g/mol. The van der Waals surface area contributed by atoms with Crippen molar-refractivity contribution in [2.45, 2.75) is 12.4 Å². The molecule has 1 N–H and O–H groups in total. The van der Waals surface area contributed by atoms with Gasteiger partial charge in [-0.2, -0.15) is 26.3 Å². The summed E-state index contributed by atoms with van der Waals surface area (Å²) in [5, 5.41) is 2.10. The van der Waals surface area contributed by atoms with Crippen molar-refractivity contribution in [1.82, 2.24) is 0 Å². The molecule has 0 aromatic heterocycles. The average molecular weight is 371 g/mol. The number of halogens is 6. The Bertz CT molecular complexity index is 694. The molecule has 1 aromatic carbocycles. The Morgan fingerprint density at radius 2 is 1.52 bits per heavy atom. The second-order valence-electron chi connectivity index (χ2n) is 4.45. The normalized spacial score (nSPS) is 12.6. The number of nitrogens with one attached hydrogen (secondary N) is 1. The van der Waals surface area contributed by atoms with E-state index < -0.39 is 46.8 Å². The lowest BCUT2D eigenvalue weighted by molar-refractivity contribution is -0.162. The van der Waals surface area contributed by atoms with E-state index in [1.54, 1.807) is 0 Å². The zero-order chi connectivity index (χ0) is 19.4. The van der Waals surface area contributed by atoms with Crippen LogP contribution in [0.5, 0.6) is 0 Å². The van der Waals surface area contributed by atoms with Crippen LogP contribution in [0.15, 0.2) is 30.0 Å². The van der Waals surface area contributed by atoms with Crippen LogP contribution in [0, 0.1) is 0 Å². The molecule has 0 saturated carbocycles. The Morgan fingerprint density at radius 1 is 0.960 bits per heavy atom. The van der Waals surface area contributed by atoms with Crippen molar-refractivity contribution in [3.8, 4) is 0 Å². The monoisotopic (exact) mass is 371 g/mol. The number of hydrogen-bond acceptors (Lipinski definition) is 5. The molecule has 25 heavy (non-hydrogen) atoms. The van der Waals surface area contributed by atoms with Gasteiger partial charge >= 0.3 is 24.3 Å². The molecule has 0 aliphatic heterocycles. The van der Waals surface area contributed by atoms with Gasteiger partial charge in [0.2, 0.25) is 0 Å². The maximum atomic E-state index is 12.9. The van der Waals surface area contributed by atoms with Gasteiger partial charge in [0.15, 0.2) is 0 Å². The number of esters is 2. The highest BCUT2D eigenvalue weighted by Crippen LogP contribution is 2.41. The summed E-state index contributed by atoms with van der Waals surface area (Å²) in [6.07, 6.45) is -9.94. The molecule has 0 unspecified atom stereocenters. The number of carbonyl (C=O) groups is 2. The van der Waals surface area contributed by atoms with Crippen LogP contribution < -0.4 is 5.32 Å². The molecule has 11 heteroatoms. The topological polar surface area (TPSA) is 64.6 Å². The quantitative estimate of drug-likeness (QED) is 0.500. The molecule has 0 fully saturated rings. The third-order valence-electron chi connectivity index (χ3n) is 2.78. The lowest BCUT2D eigenvalue weighted by atomic mass is 10.1. The van der Waals surface area contributed by atoms with E-state index in [1.807, 2.05) is 0 Å². The summed E-state index contributed by atoms with van der Waals surface area (Å²) in [4.78, 5) is 22.7. The molecule has 0 spiro atoms. The van der Waals surface area contributed by atoms with Crippen LogP contribution in [-0.4, -0.2) is 26.2 Å². The smallest absolute Gasteiger partial charge is 0.417 e. The lowest BCUT2D eigenvalue weighted by Gasteiger charge is -2.17. The molecule has 0 aliphatic rings. The molecule has 0 saturated heterocycles. The molecule has 0 heterocycles. The van der Waals surface area contributed by atoms with E-state index in [1.165, 1.54) is 0 Å². The van der Waals surface area contributed by atoms with Gasteiger partial charge in [-0.25, -0.2) is 9.59 Å². The standard InChI is InChI=1S/C14H11F6NO4/c1-24-11(22)6-10(12(23)25-2)21-7-3-4-8(13(15,16)17)9(5-7)14(18,19)20/h3-6,21H,1-2H3/b10-6+. The minimum absolute atomic E-state index is 0.164. The molecule has 0 atom stereocenters. The predicted octanol–water partition coefficient (Wildman–Crippen LogP) is 3.37. The summed E-state index contributed by atoms with van der Waals surface area (Å²) in [5.74, 6) is -2.17. The zero-order valence-corrected chi connectivity index (χ0v) is 12.7. The largest absolute Gasteiger partial charge is 0.466 e. The molecule has 5 nitrogen and oxygen atoms in total. The van der Waals surface area contributed by atoms with Gasteiger partial charge in [-0.15, -0.1) is 0 Å². The third kappa shape index (κ3) is 5.40. The Morgan fingerprint density at radius 3 is 1.96 bits per heavy atom. The number of methoxy groups -OCH3 is 2. The highest BCUT2D eigenvalue weighted by Gasteiger charge is 2.43. The Balaban J connectivity index is 3.36. The van der Waals surface area contributed by atoms with E-state index in [2.05, 4.69) is 14.8 Å². The molecule has 1 aromatic rings. The zero-order valence-electron chi connectivity index (χ0n) is 12.7. The van der Waals surface area contributed by atoms with Crippen molar-refractivity contribution in [1.29, 1.82) is 0 Å². The summed E-state index contributed by atoms with van der Waals surface area (Å²) in [5.41, 5.74) is -4.97. The molecular formula is C14H11F6NO4. The van der Waals surface area contributed by atoms with Gasteiger partial charge in [-0.3, -0.25) is 0 Å². The van der Waals surface area contributed by atoms with Gasteiger partial charge < -0.3 is 14.8 Å². The number of hydrogen-bond donors (Lipinski definition) is 1. The Kier molecular flexibility index (Phi) is 6.05. The molecule has 0 aliphatic carbocycles. The summed E-state index contributed by atoms with van der Waals surface area (Å²) >= 11 is 0. The van der Waals surface area contributed by atoms with Gasteiger partial charge in [0.25, 0.3) is 0 Å². The molecule has 1 rings (SSSR count). The number of anilines is 1. The van der Waals surface area contributed by atoms with E-state index in [0.29, 0.717) is 12.1 Å². The van der Waals surface area contributed by atoms with Crippen molar-refractivity contribution >= 4 is 17.6 Å². The van der Waals surface area contributed by atoms with Gasteiger partial charge in [0, 0.05) is 5.69 Å². The highest BCUT2D eigenvalue weighted by molar-refractivity contribution is 5.98. The van der Waals surface area contributed by atoms with E-state index in [4.69, 9.17) is 0 Å². The number of alkyl halides is 6. The van der Waals surface area contributed by atoms with Crippen molar-refractivity contribution in [2.75, 3.05) is 19.5 Å². The SMILES string of the molecule is COC(=O)/C=C(/Nc1ccc(C(F)(F)F)c(C(F)(F)F)c1)C(=O)OC. The van der Waals surface area contributed by atoms with E-state index >= 15 is 0 Å². The first-order valence-corrected chi connectivity index (χ1v) is 6.33. The maximum absolute atomic E-state index is 12.9. The lowest BCUT2D eigenvalue weighted by Crippen LogP contribution is -2.18. The van der Waals surface area contributed by atoms with Gasteiger partial charge in [-0.1, -0.05) is 0 Å². The Labute approximate surface area is 137 Å². The molecule has 0 amide bonds. The summed E-state index contributed by atoms with van der Waals surface area (Å²) < 4.78 is 85.3. The molecule has 0 bridgehead atoms. The molecule has 138 valence electrons. The summed E-state index contributed by atoms with van der Waals surface area (Å²) in [6, 6.07) is 1.04. The van der Waals surface area contributed by atoms with Crippen LogP contribution in [0.1, 0.15) is 11.1 Å². The molecule has 0 radical (unpaired) electrons. The van der Waals surface area contributed by atoms with E-state index in [-0.39, 0.29) is 12.1 Å². The second-order valence-corrected chi connectivity index (χ2v) is 4.45. The van der Waals surface area contributed by atoms with Crippen LogP contribution >= 0.6 is 0 Å². The number of carbonyl (C=O) groups excluding carboxylic acids is 2. The number of rotatable bonds is 4. The second kappa shape index (κ2) is 7.45. The van der Waals surface area contributed by atoms with Crippen molar-refractivity contribution in [3.05, 3.63) is 41.1 Å². The van der Waals surface area contributed by atoms with E-state index in [9.17, 15) is 35.9 Å². The van der Waals surface area contributed by atoms with Crippen LogP contribution in [0.2, 0.25) is 0 Å². The fraction of sp³-hybridized carbons (Fsp3) is 0.286. The van der Waals surface area contributed by atoms with Gasteiger partial charge in [-0.05, 0) is 18.2 Å². The Hall–Kier alpha value is -2.72.